The molecule has 3 nitrogen and oxygen atoms in total. The normalized spacial score (nSPS) is 11.1. The molecule has 1 N–H and O–H groups in total. The van der Waals surface area contributed by atoms with Crippen molar-refractivity contribution in [1.29, 1.82) is 0 Å². The Labute approximate surface area is 123 Å². The molecule has 0 saturated carbocycles. The van der Waals surface area contributed by atoms with Crippen LogP contribution in [0, 0.1) is 5.82 Å². The highest BCUT2D eigenvalue weighted by molar-refractivity contribution is 6.05. The third-order valence-corrected chi connectivity index (χ3v) is 2.93. The zero-order valence-corrected chi connectivity index (χ0v) is 11.9. The van der Waals surface area contributed by atoms with E-state index in [1.54, 1.807) is 56.5 Å². The minimum absolute atomic E-state index is 0.154. The van der Waals surface area contributed by atoms with Crippen LogP contribution in [0.25, 0.3) is 0 Å². The van der Waals surface area contributed by atoms with Crippen LogP contribution in [0.15, 0.2) is 60.3 Å². The first-order valence-corrected chi connectivity index (χ1v) is 6.48. The first-order chi connectivity index (χ1) is 10.1. The van der Waals surface area contributed by atoms with E-state index in [2.05, 4.69) is 5.32 Å². The van der Waals surface area contributed by atoms with Gasteiger partial charge in [-0.25, -0.2) is 4.39 Å². The molecule has 0 bridgehead atoms. The van der Waals surface area contributed by atoms with Crippen LogP contribution in [0.3, 0.4) is 0 Å². The number of allylic oxidation sites excluding steroid dienone is 2. The molecule has 0 radical (unpaired) electrons. The lowest BCUT2D eigenvalue weighted by atomic mass is 10.1. The van der Waals surface area contributed by atoms with Crippen LogP contribution in [0.1, 0.15) is 17.3 Å². The first-order valence-electron chi connectivity index (χ1n) is 6.48. The molecule has 21 heavy (non-hydrogen) atoms. The van der Waals surface area contributed by atoms with Gasteiger partial charge in [0.25, 0.3) is 0 Å². The Balaban J connectivity index is 2.10. The van der Waals surface area contributed by atoms with E-state index < -0.39 is 0 Å². The van der Waals surface area contributed by atoms with Crippen LogP contribution in [0.4, 0.5) is 10.1 Å². The van der Waals surface area contributed by atoms with Gasteiger partial charge in [-0.2, -0.15) is 0 Å². The maximum absolute atomic E-state index is 13.5. The zero-order valence-electron chi connectivity index (χ0n) is 11.9. The van der Waals surface area contributed by atoms with Crippen molar-refractivity contribution in [3.05, 3.63) is 71.7 Å². The van der Waals surface area contributed by atoms with Crippen molar-refractivity contribution in [3.63, 3.8) is 0 Å². The van der Waals surface area contributed by atoms with E-state index in [0.717, 1.165) is 0 Å². The van der Waals surface area contributed by atoms with Crippen LogP contribution >= 0.6 is 0 Å². The number of halogens is 1. The highest BCUT2D eigenvalue weighted by atomic mass is 19.1. The summed E-state index contributed by atoms with van der Waals surface area (Å²) >= 11 is 0. The number of anilines is 1. The second-order valence-corrected chi connectivity index (χ2v) is 4.52. The van der Waals surface area contributed by atoms with Gasteiger partial charge in [0.1, 0.15) is 11.6 Å². The Morgan fingerprint density at radius 3 is 2.43 bits per heavy atom. The molecule has 0 aromatic heterocycles. The number of methoxy groups -OCH3 is 1. The van der Waals surface area contributed by atoms with Crippen molar-refractivity contribution in [2.24, 2.45) is 0 Å². The SMILES string of the molecule is COc1ccc(C(=O)C=C(C)Nc2ccccc2F)cc1. The van der Waals surface area contributed by atoms with E-state index in [4.69, 9.17) is 4.74 Å². The largest absolute Gasteiger partial charge is 0.497 e. The van der Waals surface area contributed by atoms with E-state index in [1.807, 2.05) is 0 Å². The number of nitrogens with one attached hydrogen (secondary N) is 1. The van der Waals surface area contributed by atoms with Gasteiger partial charge in [0.15, 0.2) is 5.78 Å². The fraction of sp³-hybridized carbons (Fsp3) is 0.118. The molecule has 0 spiro atoms. The molecule has 0 heterocycles. The summed E-state index contributed by atoms with van der Waals surface area (Å²) in [5.74, 6) is 0.179. The van der Waals surface area contributed by atoms with Crippen molar-refractivity contribution < 1.29 is 13.9 Å². The van der Waals surface area contributed by atoms with Crippen LogP contribution in [-0.4, -0.2) is 12.9 Å². The second kappa shape index (κ2) is 6.70. The third kappa shape index (κ3) is 3.92. The monoisotopic (exact) mass is 285 g/mol. The minimum Gasteiger partial charge on any atom is -0.497 e. The molecule has 0 fully saturated rings. The van der Waals surface area contributed by atoms with Gasteiger partial charge < -0.3 is 10.1 Å². The Kier molecular flexibility index (Phi) is 4.72. The molecule has 0 saturated heterocycles. The molecule has 0 aliphatic heterocycles. The van der Waals surface area contributed by atoms with Gasteiger partial charge >= 0.3 is 0 Å². The lowest BCUT2D eigenvalue weighted by Crippen LogP contribution is -2.02. The maximum atomic E-state index is 13.5. The predicted octanol–water partition coefficient (Wildman–Crippen LogP) is 4.03. The quantitative estimate of drug-likeness (QED) is 0.665. The minimum atomic E-state index is -0.359. The average Bonchev–Trinajstić information content (AvgIpc) is 2.49. The summed E-state index contributed by atoms with van der Waals surface area (Å²) in [5.41, 5.74) is 1.46. The Morgan fingerprint density at radius 2 is 1.81 bits per heavy atom. The van der Waals surface area contributed by atoms with Gasteiger partial charge in [0, 0.05) is 17.3 Å². The summed E-state index contributed by atoms with van der Waals surface area (Å²) in [7, 11) is 1.57. The van der Waals surface area contributed by atoms with Crippen LogP contribution in [-0.2, 0) is 0 Å². The van der Waals surface area contributed by atoms with Gasteiger partial charge in [0.2, 0.25) is 0 Å². The van der Waals surface area contributed by atoms with Gasteiger partial charge in [0.05, 0.1) is 12.8 Å². The molecule has 108 valence electrons. The molecule has 0 aliphatic rings. The molecule has 2 aromatic carbocycles. The highest BCUT2D eigenvalue weighted by Gasteiger charge is 2.05. The molecule has 2 aromatic rings. The van der Waals surface area contributed by atoms with Crippen molar-refractivity contribution in [2.45, 2.75) is 6.92 Å². The van der Waals surface area contributed by atoms with Crippen LogP contribution in [0.2, 0.25) is 0 Å². The number of ether oxygens (including phenoxy) is 1. The number of hydrogen-bond acceptors (Lipinski definition) is 3. The van der Waals surface area contributed by atoms with E-state index in [-0.39, 0.29) is 11.6 Å². The number of para-hydroxylation sites is 1. The van der Waals surface area contributed by atoms with Crippen LogP contribution < -0.4 is 10.1 Å². The highest BCUT2D eigenvalue weighted by Crippen LogP contribution is 2.16. The van der Waals surface area contributed by atoms with E-state index in [9.17, 15) is 9.18 Å². The predicted molar refractivity (Wildman–Crippen MR) is 81.1 cm³/mol. The maximum Gasteiger partial charge on any atom is 0.187 e. The first kappa shape index (κ1) is 14.8. The van der Waals surface area contributed by atoms with Crippen LogP contribution in [0.5, 0.6) is 5.75 Å². The van der Waals surface area contributed by atoms with Gasteiger partial charge in [-0.1, -0.05) is 12.1 Å². The fourth-order valence-corrected chi connectivity index (χ4v) is 1.85. The van der Waals surface area contributed by atoms with Crippen molar-refractivity contribution in [2.75, 3.05) is 12.4 Å². The summed E-state index contributed by atoms with van der Waals surface area (Å²) in [6.07, 6.45) is 1.44. The Bertz CT molecular complexity index is 663. The Hall–Kier alpha value is -2.62. The topological polar surface area (TPSA) is 38.3 Å². The lowest BCUT2D eigenvalue weighted by molar-refractivity contribution is 0.104. The van der Waals surface area contributed by atoms with Gasteiger partial charge in [-0.15, -0.1) is 0 Å². The zero-order chi connectivity index (χ0) is 15.2. The van der Waals surface area contributed by atoms with Crippen molar-refractivity contribution >= 4 is 11.5 Å². The average molecular weight is 285 g/mol. The number of carbonyl (C=O) groups is 1. The molecule has 0 amide bonds. The van der Waals surface area contributed by atoms with E-state index >= 15 is 0 Å². The molecule has 0 aliphatic carbocycles. The van der Waals surface area contributed by atoms with Crippen molar-refractivity contribution in [1.82, 2.24) is 0 Å². The number of carbonyl (C=O) groups excluding carboxylic acids is 1. The number of ketones is 1. The van der Waals surface area contributed by atoms with E-state index in [0.29, 0.717) is 22.7 Å². The fourth-order valence-electron chi connectivity index (χ4n) is 1.85. The second-order valence-electron chi connectivity index (χ2n) is 4.52. The van der Waals surface area contributed by atoms with E-state index in [1.165, 1.54) is 12.1 Å². The summed E-state index contributed by atoms with van der Waals surface area (Å²) in [6, 6.07) is 13.1. The lowest BCUT2D eigenvalue weighted by Gasteiger charge is -2.07. The molecule has 4 heteroatoms. The van der Waals surface area contributed by atoms with Crippen molar-refractivity contribution in [3.8, 4) is 5.75 Å². The number of rotatable bonds is 5. The summed E-state index contributed by atoms with van der Waals surface area (Å²) in [5, 5.41) is 2.87. The molecular weight excluding hydrogens is 269 g/mol. The third-order valence-electron chi connectivity index (χ3n) is 2.93. The van der Waals surface area contributed by atoms with Gasteiger partial charge in [-0.05, 0) is 43.3 Å². The summed E-state index contributed by atoms with van der Waals surface area (Å²) in [6.45, 7) is 1.72. The smallest absolute Gasteiger partial charge is 0.187 e. The molecule has 0 atom stereocenters. The standard InChI is InChI=1S/C17H16FNO2/c1-12(19-16-6-4-3-5-15(16)18)11-17(20)13-7-9-14(21-2)10-8-13/h3-11,19H,1-2H3. The summed E-state index contributed by atoms with van der Waals surface area (Å²) < 4.78 is 18.5. The number of benzene rings is 2. The molecular formula is C17H16FNO2. The molecule has 0 unspecified atom stereocenters. The summed E-state index contributed by atoms with van der Waals surface area (Å²) in [4.78, 5) is 12.1. The Morgan fingerprint density at radius 1 is 1.14 bits per heavy atom. The number of hydrogen-bond donors (Lipinski definition) is 1. The van der Waals surface area contributed by atoms with Gasteiger partial charge in [-0.3, -0.25) is 4.79 Å². The molecule has 2 rings (SSSR count).